The van der Waals surface area contributed by atoms with E-state index in [0.717, 1.165) is 19.3 Å². The van der Waals surface area contributed by atoms with Gasteiger partial charge in [0.15, 0.2) is 0 Å². The second-order valence-corrected chi connectivity index (χ2v) is 6.85. The Morgan fingerprint density at radius 2 is 2.21 bits per heavy atom. The Morgan fingerprint density at radius 1 is 1.46 bits per heavy atom. The SMILES string of the molecule is CCCCC(CN)NC(=O)C1CCN(c2cc(Cl)ccc2Cl)C1=O. The fourth-order valence-electron chi connectivity index (χ4n) is 2.86. The van der Waals surface area contributed by atoms with Crippen molar-refractivity contribution in [2.45, 2.75) is 38.6 Å². The highest BCUT2D eigenvalue weighted by atomic mass is 35.5. The Labute approximate surface area is 152 Å². The number of nitrogens with zero attached hydrogens (tertiary/aromatic N) is 1. The number of rotatable bonds is 7. The molecule has 7 heteroatoms. The molecule has 1 aromatic rings. The van der Waals surface area contributed by atoms with Crippen LogP contribution in [0.15, 0.2) is 18.2 Å². The third-order valence-electron chi connectivity index (χ3n) is 4.26. The van der Waals surface area contributed by atoms with E-state index in [0.29, 0.717) is 35.2 Å². The van der Waals surface area contributed by atoms with E-state index in [9.17, 15) is 9.59 Å². The minimum Gasteiger partial charge on any atom is -0.351 e. The van der Waals surface area contributed by atoms with Crippen molar-refractivity contribution in [3.8, 4) is 0 Å². The highest BCUT2D eigenvalue weighted by molar-refractivity contribution is 6.36. The van der Waals surface area contributed by atoms with Crippen LogP contribution in [0.25, 0.3) is 0 Å². The van der Waals surface area contributed by atoms with Gasteiger partial charge in [-0.2, -0.15) is 0 Å². The van der Waals surface area contributed by atoms with Gasteiger partial charge in [-0.25, -0.2) is 0 Å². The van der Waals surface area contributed by atoms with Crippen LogP contribution in [-0.2, 0) is 9.59 Å². The molecule has 1 heterocycles. The van der Waals surface area contributed by atoms with Crippen molar-refractivity contribution >= 4 is 40.7 Å². The lowest BCUT2D eigenvalue weighted by Crippen LogP contribution is -2.45. The van der Waals surface area contributed by atoms with Crippen LogP contribution in [0.5, 0.6) is 0 Å². The van der Waals surface area contributed by atoms with Gasteiger partial charge in [-0.05, 0) is 31.0 Å². The molecule has 0 bridgehead atoms. The Bertz CT molecular complexity index is 609. The lowest BCUT2D eigenvalue weighted by molar-refractivity contribution is -0.132. The molecule has 5 nitrogen and oxygen atoms in total. The molecule has 0 aromatic heterocycles. The third-order valence-corrected chi connectivity index (χ3v) is 4.81. The molecule has 2 rings (SSSR count). The zero-order valence-corrected chi connectivity index (χ0v) is 15.2. The fourth-order valence-corrected chi connectivity index (χ4v) is 3.24. The maximum Gasteiger partial charge on any atom is 0.239 e. The maximum atomic E-state index is 12.6. The summed E-state index contributed by atoms with van der Waals surface area (Å²) in [6.45, 7) is 2.90. The van der Waals surface area contributed by atoms with Crippen molar-refractivity contribution in [2.24, 2.45) is 11.7 Å². The molecule has 1 fully saturated rings. The average molecular weight is 372 g/mol. The summed E-state index contributed by atoms with van der Waals surface area (Å²) in [5.74, 6) is -1.20. The minimum atomic E-state index is -0.698. The standard InChI is InChI=1S/C17H23Cl2N3O2/c1-2-3-4-12(10-20)21-16(23)13-7-8-22(17(13)24)15-9-11(18)5-6-14(15)19/h5-6,9,12-13H,2-4,7-8,10,20H2,1H3,(H,21,23). The van der Waals surface area contributed by atoms with Crippen LogP contribution < -0.4 is 16.0 Å². The summed E-state index contributed by atoms with van der Waals surface area (Å²) in [4.78, 5) is 26.6. The predicted molar refractivity (Wildman–Crippen MR) is 97.4 cm³/mol. The molecule has 2 amide bonds. The zero-order valence-electron chi connectivity index (χ0n) is 13.7. The van der Waals surface area contributed by atoms with Crippen LogP contribution in [0.1, 0.15) is 32.6 Å². The summed E-state index contributed by atoms with van der Waals surface area (Å²) in [6.07, 6.45) is 3.31. The molecule has 1 aliphatic rings. The number of carbonyl (C=O) groups excluding carboxylic acids is 2. The van der Waals surface area contributed by atoms with Gasteiger partial charge in [0, 0.05) is 24.2 Å². The van der Waals surface area contributed by atoms with E-state index in [-0.39, 0.29) is 17.9 Å². The van der Waals surface area contributed by atoms with Crippen molar-refractivity contribution in [3.63, 3.8) is 0 Å². The Kier molecular flexibility index (Phi) is 6.90. The van der Waals surface area contributed by atoms with Crippen LogP contribution in [0.4, 0.5) is 5.69 Å². The van der Waals surface area contributed by atoms with Gasteiger partial charge in [-0.15, -0.1) is 0 Å². The number of hydrogen-bond acceptors (Lipinski definition) is 3. The maximum absolute atomic E-state index is 12.6. The van der Waals surface area contributed by atoms with Crippen molar-refractivity contribution in [3.05, 3.63) is 28.2 Å². The first-order valence-electron chi connectivity index (χ1n) is 8.24. The van der Waals surface area contributed by atoms with E-state index in [1.807, 2.05) is 0 Å². The highest BCUT2D eigenvalue weighted by Gasteiger charge is 2.38. The summed E-state index contributed by atoms with van der Waals surface area (Å²) in [6, 6.07) is 4.87. The molecule has 2 atom stereocenters. The number of halogens is 2. The highest BCUT2D eigenvalue weighted by Crippen LogP contribution is 2.33. The van der Waals surface area contributed by atoms with Gasteiger partial charge in [0.2, 0.25) is 11.8 Å². The first kappa shape index (κ1) is 19.0. The molecule has 0 saturated carbocycles. The van der Waals surface area contributed by atoms with E-state index < -0.39 is 5.92 Å². The van der Waals surface area contributed by atoms with E-state index in [1.165, 1.54) is 4.90 Å². The van der Waals surface area contributed by atoms with E-state index in [4.69, 9.17) is 28.9 Å². The normalized spacial score (nSPS) is 18.8. The van der Waals surface area contributed by atoms with Crippen LogP contribution in [0, 0.1) is 5.92 Å². The summed E-state index contributed by atoms with van der Waals surface area (Å²) in [5.41, 5.74) is 6.25. The Balaban J connectivity index is 2.05. The molecule has 1 saturated heterocycles. The van der Waals surface area contributed by atoms with E-state index >= 15 is 0 Å². The molecule has 1 aliphatic heterocycles. The van der Waals surface area contributed by atoms with E-state index in [1.54, 1.807) is 18.2 Å². The van der Waals surface area contributed by atoms with Crippen LogP contribution in [0.3, 0.4) is 0 Å². The largest absolute Gasteiger partial charge is 0.351 e. The average Bonchev–Trinajstić information content (AvgIpc) is 2.95. The molecule has 2 unspecified atom stereocenters. The molecular weight excluding hydrogens is 349 g/mol. The van der Waals surface area contributed by atoms with Crippen molar-refractivity contribution in [1.29, 1.82) is 0 Å². The van der Waals surface area contributed by atoms with Gasteiger partial charge >= 0.3 is 0 Å². The number of carbonyl (C=O) groups is 2. The topological polar surface area (TPSA) is 75.4 Å². The lowest BCUT2D eigenvalue weighted by Gasteiger charge is -2.20. The molecule has 0 spiro atoms. The number of amides is 2. The predicted octanol–water partition coefficient (Wildman–Crippen LogP) is 2.98. The van der Waals surface area contributed by atoms with Crippen molar-refractivity contribution < 1.29 is 9.59 Å². The van der Waals surface area contributed by atoms with Gasteiger partial charge in [0.25, 0.3) is 0 Å². The quantitative estimate of drug-likeness (QED) is 0.723. The zero-order chi connectivity index (χ0) is 17.7. The van der Waals surface area contributed by atoms with Crippen LogP contribution in [0.2, 0.25) is 10.0 Å². The van der Waals surface area contributed by atoms with Gasteiger partial charge < -0.3 is 16.0 Å². The van der Waals surface area contributed by atoms with Crippen LogP contribution in [-0.4, -0.2) is 30.9 Å². The Hall–Kier alpha value is -1.30. The van der Waals surface area contributed by atoms with Gasteiger partial charge in [-0.3, -0.25) is 9.59 Å². The molecule has 0 aliphatic carbocycles. The smallest absolute Gasteiger partial charge is 0.239 e. The second-order valence-electron chi connectivity index (χ2n) is 6.01. The molecule has 0 radical (unpaired) electrons. The summed E-state index contributed by atoms with van der Waals surface area (Å²) < 4.78 is 0. The van der Waals surface area contributed by atoms with Gasteiger partial charge in [0.05, 0.1) is 10.7 Å². The van der Waals surface area contributed by atoms with Gasteiger partial charge in [-0.1, -0.05) is 43.0 Å². The number of hydrogen-bond donors (Lipinski definition) is 2. The molecule has 24 heavy (non-hydrogen) atoms. The second kappa shape index (κ2) is 8.70. The van der Waals surface area contributed by atoms with Gasteiger partial charge in [0.1, 0.15) is 5.92 Å². The first-order chi connectivity index (χ1) is 11.5. The number of nitrogens with one attached hydrogen (secondary N) is 1. The molecule has 132 valence electrons. The summed E-state index contributed by atoms with van der Waals surface area (Å²) >= 11 is 12.2. The van der Waals surface area contributed by atoms with Crippen LogP contribution >= 0.6 is 23.2 Å². The molecular formula is C17H23Cl2N3O2. The number of unbranched alkanes of at least 4 members (excludes halogenated alkanes) is 1. The number of nitrogens with two attached hydrogens (primary N) is 1. The van der Waals surface area contributed by atoms with Crippen molar-refractivity contribution in [1.82, 2.24) is 5.32 Å². The van der Waals surface area contributed by atoms with E-state index in [2.05, 4.69) is 12.2 Å². The first-order valence-corrected chi connectivity index (χ1v) is 9.00. The summed E-state index contributed by atoms with van der Waals surface area (Å²) in [7, 11) is 0. The Morgan fingerprint density at radius 3 is 2.88 bits per heavy atom. The lowest BCUT2D eigenvalue weighted by atomic mass is 10.1. The third kappa shape index (κ3) is 4.41. The van der Waals surface area contributed by atoms with Crippen molar-refractivity contribution in [2.75, 3.05) is 18.0 Å². The number of anilines is 1. The number of benzene rings is 1. The molecule has 1 aromatic carbocycles. The monoisotopic (exact) mass is 371 g/mol. The minimum absolute atomic E-state index is 0.0888. The molecule has 3 N–H and O–H groups in total. The fraction of sp³-hybridized carbons (Fsp3) is 0.529. The summed E-state index contributed by atoms with van der Waals surface area (Å²) in [5, 5.41) is 3.84.